The van der Waals surface area contributed by atoms with Crippen molar-refractivity contribution in [2.75, 3.05) is 0 Å². The van der Waals surface area contributed by atoms with Gasteiger partial charge in [-0.3, -0.25) is 9.48 Å². The second-order valence-electron chi connectivity index (χ2n) is 6.05. The number of carbonyl (C=O) groups is 1. The van der Waals surface area contributed by atoms with Gasteiger partial charge in [-0.2, -0.15) is 5.10 Å². The van der Waals surface area contributed by atoms with Crippen LogP contribution in [0, 0.1) is 12.3 Å². The van der Waals surface area contributed by atoms with Gasteiger partial charge in [0.2, 0.25) is 0 Å². The number of hydrogen-bond donors (Lipinski definition) is 1. The largest absolute Gasteiger partial charge is 0.327 e. The molecule has 1 aromatic rings. The SMILES string of the molecule is CCn1nc(C)c(Cl)c1CC(=O)CC(N)C(C)(C)C. The number of hydrogen-bond acceptors (Lipinski definition) is 3. The summed E-state index contributed by atoms with van der Waals surface area (Å²) in [6, 6.07) is -0.141. The molecule has 1 heterocycles. The molecule has 1 unspecified atom stereocenters. The molecule has 5 heteroatoms. The summed E-state index contributed by atoms with van der Waals surface area (Å²) in [6.07, 6.45) is 0.672. The highest BCUT2D eigenvalue weighted by atomic mass is 35.5. The number of aromatic nitrogens is 2. The van der Waals surface area contributed by atoms with Crippen LogP contribution in [0.5, 0.6) is 0 Å². The average molecular weight is 286 g/mol. The minimum atomic E-state index is -0.141. The van der Waals surface area contributed by atoms with Gasteiger partial charge < -0.3 is 5.73 Å². The molecule has 0 saturated carbocycles. The number of nitrogens with zero attached hydrogens (tertiary/aromatic N) is 2. The van der Waals surface area contributed by atoms with Crippen LogP contribution in [-0.2, 0) is 17.8 Å². The van der Waals surface area contributed by atoms with E-state index in [1.165, 1.54) is 0 Å². The van der Waals surface area contributed by atoms with E-state index >= 15 is 0 Å². The van der Waals surface area contributed by atoms with Crippen molar-refractivity contribution in [1.29, 1.82) is 0 Å². The van der Waals surface area contributed by atoms with E-state index in [1.54, 1.807) is 4.68 Å². The van der Waals surface area contributed by atoms with Gasteiger partial charge in [-0.05, 0) is 19.3 Å². The number of Topliss-reactive ketones (excluding diaryl/α,β-unsaturated/α-hetero) is 1. The van der Waals surface area contributed by atoms with Gasteiger partial charge in [-0.1, -0.05) is 32.4 Å². The van der Waals surface area contributed by atoms with E-state index in [4.69, 9.17) is 17.3 Å². The fourth-order valence-corrected chi connectivity index (χ4v) is 2.05. The summed E-state index contributed by atoms with van der Waals surface area (Å²) >= 11 is 6.20. The Labute approximate surface area is 120 Å². The van der Waals surface area contributed by atoms with Crippen LogP contribution in [-0.4, -0.2) is 21.6 Å². The van der Waals surface area contributed by atoms with E-state index in [9.17, 15) is 4.79 Å². The lowest BCUT2D eigenvalue weighted by atomic mass is 9.84. The fourth-order valence-electron chi connectivity index (χ4n) is 1.85. The summed E-state index contributed by atoms with van der Waals surface area (Å²) in [7, 11) is 0. The second kappa shape index (κ2) is 6.06. The normalized spacial score (nSPS) is 13.6. The Hall–Kier alpha value is -0.870. The van der Waals surface area contributed by atoms with Crippen LogP contribution in [0.25, 0.3) is 0 Å². The summed E-state index contributed by atoms with van der Waals surface area (Å²) in [4.78, 5) is 12.1. The Kier molecular flexibility index (Phi) is 5.16. The smallest absolute Gasteiger partial charge is 0.140 e. The number of aryl methyl sites for hydroxylation is 2. The Bertz CT molecular complexity index is 460. The van der Waals surface area contributed by atoms with Crippen molar-refractivity contribution in [3.05, 3.63) is 16.4 Å². The minimum absolute atomic E-state index is 0.0691. The molecular weight excluding hydrogens is 262 g/mol. The molecule has 1 rings (SSSR count). The van der Waals surface area contributed by atoms with Crippen LogP contribution in [0.2, 0.25) is 5.02 Å². The first-order valence-electron chi connectivity index (χ1n) is 6.65. The summed E-state index contributed by atoms with van der Waals surface area (Å²) in [5, 5.41) is 4.91. The lowest BCUT2D eigenvalue weighted by molar-refractivity contribution is -0.119. The maximum Gasteiger partial charge on any atom is 0.140 e. The zero-order valence-corrected chi connectivity index (χ0v) is 13.2. The minimum Gasteiger partial charge on any atom is -0.327 e. The highest BCUT2D eigenvalue weighted by Gasteiger charge is 2.24. The molecule has 1 aromatic heterocycles. The van der Waals surface area contributed by atoms with Gasteiger partial charge in [0, 0.05) is 25.4 Å². The number of carbonyl (C=O) groups excluding carboxylic acids is 1. The first-order valence-corrected chi connectivity index (χ1v) is 7.03. The Balaban J connectivity index is 2.78. The molecule has 0 aliphatic heterocycles. The second-order valence-corrected chi connectivity index (χ2v) is 6.43. The zero-order valence-electron chi connectivity index (χ0n) is 12.5. The van der Waals surface area contributed by atoms with E-state index in [0.717, 1.165) is 11.4 Å². The topological polar surface area (TPSA) is 60.9 Å². The number of halogens is 1. The summed E-state index contributed by atoms with van der Waals surface area (Å²) in [5.74, 6) is 0.110. The molecule has 0 spiro atoms. The summed E-state index contributed by atoms with van der Waals surface area (Å²) in [6.45, 7) is 10.7. The molecule has 0 bridgehead atoms. The molecule has 0 fully saturated rings. The van der Waals surface area contributed by atoms with Crippen LogP contribution in [0.15, 0.2) is 0 Å². The van der Waals surface area contributed by atoms with Crippen molar-refractivity contribution >= 4 is 17.4 Å². The van der Waals surface area contributed by atoms with E-state index in [2.05, 4.69) is 5.10 Å². The van der Waals surface area contributed by atoms with E-state index in [0.29, 0.717) is 24.4 Å². The molecule has 108 valence electrons. The van der Waals surface area contributed by atoms with Crippen molar-refractivity contribution in [3.8, 4) is 0 Å². The highest BCUT2D eigenvalue weighted by Crippen LogP contribution is 2.23. The van der Waals surface area contributed by atoms with Crippen molar-refractivity contribution in [3.63, 3.8) is 0 Å². The Morgan fingerprint density at radius 2 is 2.05 bits per heavy atom. The maximum absolute atomic E-state index is 12.1. The molecule has 0 aliphatic carbocycles. The molecule has 0 saturated heterocycles. The molecule has 1 atom stereocenters. The standard InChI is InChI=1S/C14H24ClN3O/c1-6-18-11(13(15)9(2)17-18)7-10(19)8-12(16)14(3,4)5/h12H,6-8,16H2,1-5H3. The van der Waals surface area contributed by atoms with Gasteiger partial charge in [0.1, 0.15) is 5.78 Å². The lowest BCUT2D eigenvalue weighted by Crippen LogP contribution is -2.37. The van der Waals surface area contributed by atoms with Crippen molar-refractivity contribution in [2.45, 2.75) is 60.0 Å². The lowest BCUT2D eigenvalue weighted by Gasteiger charge is -2.26. The summed E-state index contributed by atoms with van der Waals surface area (Å²) in [5.41, 5.74) is 7.54. The average Bonchev–Trinajstić information content (AvgIpc) is 2.55. The van der Waals surface area contributed by atoms with E-state index < -0.39 is 0 Å². The molecule has 0 amide bonds. The van der Waals surface area contributed by atoms with Gasteiger partial charge in [0.15, 0.2) is 0 Å². The van der Waals surface area contributed by atoms with Gasteiger partial charge >= 0.3 is 0 Å². The Morgan fingerprint density at radius 1 is 1.47 bits per heavy atom. The third-order valence-corrected chi connectivity index (χ3v) is 3.87. The van der Waals surface area contributed by atoms with Gasteiger partial charge in [0.25, 0.3) is 0 Å². The molecule has 0 aliphatic rings. The van der Waals surface area contributed by atoms with Gasteiger partial charge in [0.05, 0.1) is 16.4 Å². The third kappa shape index (κ3) is 4.05. The number of ketones is 1. The van der Waals surface area contributed by atoms with Gasteiger partial charge in [-0.15, -0.1) is 0 Å². The molecule has 0 radical (unpaired) electrons. The fraction of sp³-hybridized carbons (Fsp3) is 0.714. The predicted molar refractivity (Wildman–Crippen MR) is 78.4 cm³/mol. The molecule has 4 nitrogen and oxygen atoms in total. The van der Waals surface area contributed by atoms with Crippen LogP contribution < -0.4 is 5.73 Å². The van der Waals surface area contributed by atoms with Crippen LogP contribution in [0.4, 0.5) is 0 Å². The molecule has 2 N–H and O–H groups in total. The first kappa shape index (κ1) is 16.2. The van der Waals surface area contributed by atoms with E-state index in [1.807, 2.05) is 34.6 Å². The van der Waals surface area contributed by atoms with Crippen LogP contribution >= 0.6 is 11.6 Å². The quantitative estimate of drug-likeness (QED) is 0.905. The third-order valence-electron chi connectivity index (χ3n) is 3.38. The zero-order chi connectivity index (χ0) is 14.8. The van der Waals surface area contributed by atoms with Crippen molar-refractivity contribution < 1.29 is 4.79 Å². The monoisotopic (exact) mass is 285 g/mol. The van der Waals surface area contributed by atoms with Crippen molar-refractivity contribution in [1.82, 2.24) is 9.78 Å². The molecule has 19 heavy (non-hydrogen) atoms. The molecular formula is C14H24ClN3O. The Morgan fingerprint density at radius 3 is 2.53 bits per heavy atom. The van der Waals surface area contributed by atoms with Crippen molar-refractivity contribution in [2.24, 2.45) is 11.1 Å². The van der Waals surface area contributed by atoms with Crippen LogP contribution in [0.3, 0.4) is 0 Å². The number of nitrogens with two attached hydrogens (primary N) is 1. The van der Waals surface area contributed by atoms with Crippen LogP contribution in [0.1, 0.15) is 45.5 Å². The number of rotatable bonds is 5. The first-order chi connectivity index (χ1) is 8.66. The van der Waals surface area contributed by atoms with Gasteiger partial charge in [-0.25, -0.2) is 0 Å². The maximum atomic E-state index is 12.1. The summed E-state index contributed by atoms with van der Waals surface area (Å²) < 4.78 is 1.79. The highest BCUT2D eigenvalue weighted by molar-refractivity contribution is 6.32. The predicted octanol–water partition coefficient (Wildman–Crippen LogP) is 2.74. The van der Waals surface area contributed by atoms with E-state index in [-0.39, 0.29) is 17.2 Å². The molecule has 0 aromatic carbocycles.